The van der Waals surface area contributed by atoms with E-state index in [1.54, 1.807) is 30.3 Å². The minimum atomic E-state index is -0.797. The number of hydrogen-bond donors (Lipinski definition) is 1. The summed E-state index contributed by atoms with van der Waals surface area (Å²) in [6.45, 7) is 8.01. The van der Waals surface area contributed by atoms with Crippen molar-refractivity contribution in [3.8, 4) is 23.0 Å². The van der Waals surface area contributed by atoms with Gasteiger partial charge >= 0.3 is 6.03 Å². The van der Waals surface area contributed by atoms with E-state index in [1.807, 2.05) is 38.1 Å². The van der Waals surface area contributed by atoms with Crippen LogP contribution in [0.5, 0.6) is 23.0 Å². The first-order valence-corrected chi connectivity index (χ1v) is 12.6. The summed E-state index contributed by atoms with van der Waals surface area (Å²) in [4.78, 5) is 39.8. The van der Waals surface area contributed by atoms with Crippen LogP contribution in [0, 0.1) is 13.8 Å². The van der Waals surface area contributed by atoms with Crippen LogP contribution in [0.3, 0.4) is 0 Å². The van der Waals surface area contributed by atoms with Crippen molar-refractivity contribution in [1.82, 2.24) is 5.32 Å². The number of anilines is 1. The quantitative estimate of drug-likeness (QED) is 0.243. The predicted octanol–water partition coefficient (Wildman–Crippen LogP) is 5.01. The second-order valence-electron chi connectivity index (χ2n) is 9.48. The Hall–Kier alpha value is -5.05. The van der Waals surface area contributed by atoms with Crippen molar-refractivity contribution in [3.63, 3.8) is 0 Å². The molecule has 0 bridgehead atoms. The summed E-state index contributed by atoms with van der Waals surface area (Å²) in [5.41, 5.74) is 4.11. The molecule has 3 aromatic rings. The summed E-state index contributed by atoms with van der Waals surface area (Å²) in [5.74, 6) is 0.774. The van der Waals surface area contributed by atoms with Gasteiger partial charge in [-0.15, -0.1) is 6.58 Å². The first-order chi connectivity index (χ1) is 19.3. The molecular formula is C31H28N2O7. The van der Waals surface area contributed by atoms with E-state index in [2.05, 4.69) is 11.9 Å². The van der Waals surface area contributed by atoms with Gasteiger partial charge in [-0.25, -0.2) is 9.69 Å². The zero-order valence-corrected chi connectivity index (χ0v) is 22.4. The van der Waals surface area contributed by atoms with Crippen LogP contribution in [-0.4, -0.2) is 31.7 Å². The summed E-state index contributed by atoms with van der Waals surface area (Å²) >= 11 is 0. The van der Waals surface area contributed by atoms with Crippen molar-refractivity contribution in [1.29, 1.82) is 0 Å². The maximum Gasteiger partial charge on any atom is 0.335 e. The van der Waals surface area contributed by atoms with Gasteiger partial charge in [-0.2, -0.15) is 0 Å². The fourth-order valence-corrected chi connectivity index (χ4v) is 4.71. The van der Waals surface area contributed by atoms with Gasteiger partial charge in [0.25, 0.3) is 11.8 Å². The molecule has 204 valence electrons. The molecule has 1 fully saturated rings. The number of allylic oxidation sites excluding steroid dienone is 1. The van der Waals surface area contributed by atoms with Crippen molar-refractivity contribution in [3.05, 3.63) is 94.6 Å². The minimum absolute atomic E-state index is 0.181. The molecule has 2 aliphatic rings. The van der Waals surface area contributed by atoms with E-state index >= 15 is 0 Å². The average molecular weight is 541 g/mol. The molecule has 1 saturated heterocycles. The number of urea groups is 1. The van der Waals surface area contributed by atoms with E-state index in [4.69, 9.17) is 18.9 Å². The number of amides is 4. The number of benzene rings is 3. The number of methoxy groups -OCH3 is 1. The summed E-state index contributed by atoms with van der Waals surface area (Å²) < 4.78 is 22.6. The van der Waals surface area contributed by atoms with Crippen molar-refractivity contribution in [2.45, 2.75) is 26.9 Å². The molecule has 0 spiro atoms. The molecule has 9 heteroatoms. The van der Waals surface area contributed by atoms with Gasteiger partial charge in [0, 0.05) is 5.56 Å². The summed E-state index contributed by atoms with van der Waals surface area (Å²) in [5, 5.41) is 2.27. The largest absolute Gasteiger partial charge is 0.493 e. The van der Waals surface area contributed by atoms with Gasteiger partial charge in [-0.3, -0.25) is 14.9 Å². The predicted molar refractivity (Wildman–Crippen MR) is 149 cm³/mol. The maximum atomic E-state index is 13.4. The SMILES string of the molecule is C=CCc1cc(/C=C2\C(=O)NC(=O)N(c3cc(C)cc(C)c3)C2=O)cc(OC)c1OCc1ccc2c(c1)OCO2. The lowest BCUT2D eigenvalue weighted by atomic mass is 10.0. The molecule has 0 radical (unpaired) electrons. The lowest BCUT2D eigenvalue weighted by Crippen LogP contribution is -2.54. The molecule has 3 aromatic carbocycles. The lowest BCUT2D eigenvalue weighted by molar-refractivity contribution is -0.122. The lowest BCUT2D eigenvalue weighted by Gasteiger charge is -2.27. The third-order valence-corrected chi connectivity index (χ3v) is 6.44. The van der Waals surface area contributed by atoms with Crippen LogP contribution in [0.25, 0.3) is 6.08 Å². The van der Waals surface area contributed by atoms with Crippen LogP contribution in [0.4, 0.5) is 10.5 Å². The number of nitrogens with one attached hydrogen (secondary N) is 1. The monoisotopic (exact) mass is 540 g/mol. The fraction of sp³-hybridized carbons (Fsp3) is 0.194. The van der Waals surface area contributed by atoms with Gasteiger partial charge in [0.05, 0.1) is 12.8 Å². The molecule has 2 aliphatic heterocycles. The fourth-order valence-electron chi connectivity index (χ4n) is 4.71. The van der Waals surface area contributed by atoms with E-state index in [0.29, 0.717) is 40.7 Å². The van der Waals surface area contributed by atoms with E-state index in [-0.39, 0.29) is 19.0 Å². The Morgan fingerprint density at radius 1 is 1.00 bits per heavy atom. The highest BCUT2D eigenvalue weighted by atomic mass is 16.7. The molecule has 40 heavy (non-hydrogen) atoms. The van der Waals surface area contributed by atoms with Crippen LogP contribution >= 0.6 is 0 Å². The van der Waals surface area contributed by atoms with Gasteiger partial charge in [0.2, 0.25) is 6.79 Å². The molecule has 0 aliphatic carbocycles. The van der Waals surface area contributed by atoms with E-state index < -0.39 is 17.8 Å². The molecule has 0 aromatic heterocycles. The molecule has 1 N–H and O–H groups in total. The number of carbonyl (C=O) groups excluding carboxylic acids is 3. The van der Waals surface area contributed by atoms with Crippen LogP contribution in [-0.2, 0) is 22.6 Å². The van der Waals surface area contributed by atoms with Crippen LogP contribution in [0.1, 0.15) is 27.8 Å². The van der Waals surface area contributed by atoms with Crippen LogP contribution < -0.4 is 29.2 Å². The van der Waals surface area contributed by atoms with E-state index in [1.165, 1.54) is 13.2 Å². The third kappa shape index (κ3) is 5.26. The molecule has 4 amide bonds. The van der Waals surface area contributed by atoms with Crippen LogP contribution in [0.2, 0.25) is 0 Å². The highest BCUT2D eigenvalue weighted by Crippen LogP contribution is 2.37. The zero-order chi connectivity index (χ0) is 28.4. The summed E-state index contributed by atoms with van der Waals surface area (Å²) in [7, 11) is 1.51. The Kier molecular flexibility index (Phi) is 7.29. The Bertz CT molecular complexity index is 1550. The molecule has 5 rings (SSSR count). The van der Waals surface area contributed by atoms with Crippen molar-refractivity contribution in [2.24, 2.45) is 0 Å². The van der Waals surface area contributed by atoms with Crippen molar-refractivity contribution >= 4 is 29.6 Å². The van der Waals surface area contributed by atoms with Crippen molar-refractivity contribution < 1.29 is 33.3 Å². The molecule has 9 nitrogen and oxygen atoms in total. The highest BCUT2D eigenvalue weighted by Gasteiger charge is 2.37. The summed E-state index contributed by atoms with van der Waals surface area (Å²) in [6, 6.07) is 13.6. The average Bonchev–Trinajstić information content (AvgIpc) is 3.38. The first kappa shape index (κ1) is 26.6. The minimum Gasteiger partial charge on any atom is -0.493 e. The van der Waals surface area contributed by atoms with Crippen molar-refractivity contribution in [2.75, 3.05) is 18.8 Å². The number of aryl methyl sites for hydroxylation is 2. The molecule has 0 saturated carbocycles. The first-order valence-electron chi connectivity index (χ1n) is 12.6. The Morgan fingerprint density at radius 3 is 2.48 bits per heavy atom. The van der Waals surface area contributed by atoms with Gasteiger partial charge in [-0.05, 0) is 85.0 Å². The Morgan fingerprint density at radius 2 is 1.75 bits per heavy atom. The van der Waals surface area contributed by atoms with E-state index in [0.717, 1.165) is 27.2 Å². The zero-order valence-electron chi connectivity index (χ0n) is 22.4. The third-order valence-electron chi connectivity index (χ3n) is 6.44. The van der Waals surface area contributed by atoms with Gasteiger partial charge in [0.15, 0.2) is 23.0 Å². The second-order valence-corrected chi connectivity index (χ2v) is 9.48. The number of rotatable bonds is 8. The normalized spacial score (nSPS) is 15.3. The molecular weight excluding hydrogens is 512 g/mol. The maximum absolute atomic E-state index is 13.4. The topological polar surface area (TPSA) is 103 Å². The highest BCUT2D eigenvalue weighted by molar-refractivity contribution is 6.39. The number of carbonyl (C=O) groups is 3. The van der Waals surface area contributed by atoms with Crippen LogP contribution in [0.15, 0.2) is 66.8 Å². The number of barbiturate groups is 1. The molecule has 0 atom stereocenters. The Balaban J connectivity index is 1.47. The standard InChI is InChI=1S/C31H28N2O7/c1-5-6-22-12-21(15-27(37-4)28(22)38-16-20-7-8-25-26(14-20)40-17-39-25)13-24-29(34)32-31(36)33(30(24)35)23-10-18(2)9-19(3)11-23/h5,7-15H,1,6,16-17H2,2-4H3,(H,32,34,36)/b24-13+. The number of hydrogen-bond acceptors (Lipinski definition) is 7. The molecule has 2 heterocycles. The second kappa shape index (κ2) is 11.0. The number of imide groups is 2. The number of ether oxygens (including phenoxy) is 4. The molecule has 0 unspecified atom stereocenters. The Labute approximate surface area is 231 Å². The summed E-state index contributed by atoms with van der Waals surface area (Å²) in [6.07, 6.45) is 3.60. The van der Waals surface area contributed by atoms with E-state index in [9.17, 15) is 14.4 Å². The van der Waals surface area contributed by atoms with Gasteiger partial charge < -0.3 is 18.9 Å². The van der Waals surface area contributed by atoms with Gasteiger partial charge in [-0.1, -0.05) is 18.2 Å². The van der Waals surface area contributed by atoms with Gasteiger partial charge in [0.1, 0.15) is 12.2 Å². The number of nitrogens with zero attached hydrogens (tertiary/aromatic N) is 1. The smallest absolute Gasteiger partial charge is 0.335 e. The number of fused-ring (bicyclic) bond motifs is 1.